The standard InChI is InChI=1S/C15H26ClNO2/c1-14(2,3)19-13(18)17-9-8-15(11-17)6-4-12(10-16)5-7-15/h12H,4-11H2,1-3H3. The SMILES string of the molecule is CC(C)(C)OC(=O)N1CCC2(CCC(CCl)CC2)C1. The molecule has 0 bridgehead atoms. The highest BCUT2D eigenvalue weighted by molar-refractivity contribution is 6.18. The number of halogens is 1. The van der Waals surface area contributed by atoms with Crippen molar-refractivity contribution in [1.82, 2.24) is 4.90 Å². The van der Waals surface area contributed by atoms with Gasteiger partial charge in [-0.3, -0.25) is 0 Å². The Hall–Kier alpha value is -0.440. The van der Waals surface area contributed by atoms with Gasteiger partial charge in [-0.2, -0.15) is 0 Å². The molecule has 0 N–H and O–H groups in total. The molecule has 0 radical (unpaired) electrons. The minimum atomic E-state index is -0.400. The van der Waals surface area contributed by atoms with Gasteiger partial charge in [0.15, 0.2) is 0 Å². The molecule has 0 aromatic heterocycles. The number of carbonyl (C=O) groups excluding carboxylic acids is 1. The van der Waals surface area contributed by atoms with E-state index < -0.39 is 5.60 Å². The highest BCUT2D eigenvalue weighted by atomic mass is 35.5. The van der Waals surface area contributed by atoms with Crippen LogP contribution in [0.1, 0.15) is 52.9 Å². The second-order valence-electron chi connectivity index (χ2n) is 7.25. The number of hydrogen-bond acceptors (Lipinski definition) is 2. The molecule has 2 fully saturated rings. The Balaban J connectivity index is 1.88. The van der Waals surface area contributed by atoms with Gasteiger partial charge in [0.25, 0.3) is 0 Å². The monoisotopic (exact) mass is 287 g/mol. The summed E-state index contributed by atoms with van der Waals surface area (Å²) in [6, 6.07) is 0. The summed E-state index contributed by atoms with van der Waals surface area (Å²) in [6.07, 6.45) is 5.83. The summed E-state index contributed by atoms with van der Waals surface area (Å²) in [7, 11) is 0. The molecule has 1 saturated heterocycles. The van der Waals surface area contributed by atoms with Gasteiger partial charge in [-0.25, -0.2) is 4.79 Å². The third-order valence-corrected chi connectivity index (χ3v) is 4.91. The van der Waals surface area contributed by atoms with Gasteiger partial charge in [0.05, 0.1) is 0 Å². The third kappa shape index (κ3) is 3.77. The second-order valence-corrected chi connectivity index (χ2v) is 7.56. The molecule has 110 valence electrons. The minimum Gasteiger partial charge on any atom is -0.444 e. The van der Waals surface area contributed by atoms with Crippen molar-refractivity contribution in [2.24, 2.45) is 11.3 Å². The largest absolute Gasteiger partial charge is 0.444 e. The van der Waals surface area contributed by atoms with E-state index in [2.05, 4.69) is 0 Å². The molecule has 0 atom stereocenters. The van der Waals surface area contributed by atoms with Crippen molar-refractivity contribution in [3.05, 3.63) is 0 Å². The van der Waals surface area contributed by atoms with E-state index in [-0.39, 0.29) is 6.09 Å². The third-order valence-electron chi connectivity index (χ3n) is 4.47. The van der Waals surface area contributed by atoms with E-state index >= 15 is 0 Å². The lowest BCUT2D eigenvalue weighted by atomic mass is 9.70. The summed E-state index contributed by atoms with van der Waals surface area (Å²) in [5.41, 5.74) is -0.0530. The number of rotatable bonds is 1. The number of carbonyl (C=O) groups is 1. The van der Waals surface area contributed by atoms with Crippen LogP contribution >= 0.6 is 11.6 Å². The molecule has 0 unspecified atom stereocenters. The zero-order valence-electron chi connectivity index (χ0n) is 12.4. The summed E-state index contributed by atoms with van der Waals surface area (Å²) in [6.45, 7) is 7.48. The quantitative estimate of drug-likeness (QED) is 0.681. The molecule has 0 aromatic rings. The molecule has 19 heavy (non-hydrogen) atoms. The Kier molecular flexibility index (Phi) is 4.34. The van der Waals surface area contributed by atoms with Crippen molar-refractivity contribution >= 4 is 17.7 Å². The summed E-state index contributed by atoms with van der Waals surface area (Å²) in [5, 5.41) is 0. The van der Waals surface area contributed by atoms with E-state index in [0.29, 0.717) is 11.3 Å². The van der Waals surface area contributed by atoms with Crippen LogP contribution in [0.3, 0.4) is 0 Å². The van der Waals surface area contributed by atoms with E-state index in [0.717, 1.165) is 25.4 Å². The zero-order chi connectivity index (χ0) is 14.1. The number of hydrogen-bond donors (Lipinski definition) is 0. The zero-order valence-corrected chi connectivity index (χ0v) is 13.1. The van der Waals surface area contributed by atoms with Gasteiger partial charge in [-0.05, 0) is 64.2 Å². The first kappa shape index (κ1) is 15.0. The molecule has 3 nitrogen and oxygen atoms in total. The predicted molar refractivity (Wildman–Crippen MR) is 77.5 cm³/mol. The van der Waals surface area contributed by atoms with Gasteiger partial charge in [0.2, 0.25) is 0 Å². The molecule has 0 aromatic carbocycles. The molecule has 1 saturated carbocycles. The Labute approximate surface area is 121 Å². The van der Waals surface area contributed by atoms with Crippen molar-refractivity contribution in [1.29, 1.82) is 0 Å². The summed E-state index contributed by atoms with van der Waals surface area (Å²) in [4.78, 5) is 14.0. The lowest BCUT2D eigenvalue weighted by Crippen LogP contribution is -2.38. The van der Waals surface area contributed by atoms with Crippen LogP contribution in [-0.4, -0.2) is 35.6 Å². The lowest BCUT2D eigenvalue weighted by molar-refractivity contribution is 0.0258. The van der Waals surface area contributed by atoms with Crippen molar-refractivity contribution in [3.63, 3.8) is 0 Å². The fourth-order valence-corrected chi connectivity index (χ4v) is 3.58. The molecular formula is C15H26ClNO2. The first-order chi connectivity index (χ1) is 8.84. The number of nitrogens with zero attached hydrogens (tertiary/aromatic N) is 1. The Morgan fingerprint density at radius 2 is 1.95 bits per heavy atom. The first-order valence-electron chi connectivity index (χ1n) is 7.37. The maximum atomic E-state index is 12.1. The molecule has 1 heterocycles. The fourth-order valence-electron chi connectivity index (χ4n) is 3.27. The van der Waals surface area contributed by atoms with E-state index in [1.807, 2.05) is 25.7 Å². The Morgan fingerprint density at radius 1 is 1.32 bits per heavy atom. The van der Waals surface area contributed by atoms with E-state index in [9.17, 15) is 4.79 Å². The van der Waals surface area contributed by atoms with Gasteiger partial charge in [0, 0.05) is 19.0 Å². The van der Waals surface area contributed by atoms with Crippen molar-refractivity contribution < 1.29 is 9.53 Å². The molecule has 1 aliphatic carbocycles. The highest BCUT2D eigenvalue weighted by Gasteiger charge is 2.43. The van der Waals surface area contributed by atoms with Crippen LogP contribution in [0.15, 0.2) is 0 Å². The molecule has 2 aliphatic rings. The summed E-state index contributed by atoms with van der Waals surface area (Å²) >= 11 is 5.94. The van der Waals surface area contributed by atoms with Gasteiger partial charge in [-0.1, -0.05) is 0 Å². The van der Waals surface area contributed by atoms with Crippen LogP contribution < -0.4 is 0 Å². The van der Waals surface area contributed by atoms with Crippen LogP contribution in [0.25, 0.3) is 0 Å². The van der Waals surface area contributed by atoms with Crippen LogP contribution in [-0.2, 0) is 4.74 Å². The summed E-state index contributed by atoms with van der Waals surface area (Å²) in [5.74, 6) is 1.47. The van der Waals surface area contributed by atoms with Gasteiger partial charge in [-0.15, -0.1) is 11.6 Å². The van der Waals surface area contributed by atoms with Crippen LogP contribution in [0.4, 0.5) is 4.79 Å². The number of alkyl halides is 1. The molecular weight excluding hydrogens is 262 g/mol. The predicted octanol–water partition coefficient (Wildman–Crippen LogP) is 4.04. The Morgan fingerprint density at radius 3 is 2.47 bits per heavy atom. The van der Waals surface area contributed by atoms with Gasteiger partial charge in [0.1, 0.15) is 5.60 Å². The van der Waals surface area contributed by atoms with Crippen LogP contribution in [0.2, 0.25) is 0 Å². The normalized spacial score (nSPS) is 31.8. The second kappa shape index (κ2) is 5.51. The van der Waals surface area contributed by atoms with E-state index in [1.54, 1.807) is 0 Å². The molecule has 1 spiro atoms. The number of amides is 1. The Bertz CT molecular complexity index is 330. The van der Waals surface area contributed by atoms with Gasteiger partial charge < -0.3 is 9.64 Å². The maximum absolute atomic E-state index is 12.1. The lowest BCUT2D eigenvalue weighted by Gasteiger charge is -2.36. The first-order valence-corrected chi connectivity index (χ1v) is 7.91. The maximum Gasteiger partial charge on any atom is 0.410 e. The fraction of sp³-hybridized carbons (Fsp3) is 0.933. The van der Waals surface area contributed by atoms with Crippen molar-refractivity contribution in [2.75, 3.05) is 19.0 Å². The highest BCUT2D eigenvalue weighted by Crippen LogP contribution is 2.45. The topological polar surface area (TPSA) is 29.5 Å². The van der Waals surface area contributed by atoms with Crippen LogP contribution in [0, 0.1) is 11.3 Å². The van der Waals surface area contributed by atoms with Crippen molar-refractivity contribution in [2.45, 2.75) is 58.5 Å². The van der Waals surface area contributed by atoms with Crippen molar-refractivity contribution in [3.8, 4) is 0 Å². The smallest absolute Gasteiger partial charge is 0.410 e. The van der Waals surface area contributed by atoms with E-state index in [1.165, 1.54) is 25.7 Å². The van der Waals surface area contributed by atoms with Gasteiger partial charge >= 0.3 is 6.09 Å². The number of likely N-dealkylation sites (tertiary alicyclic amines) is 1. The van der Waals surface area contributed by atoms with E-state index in [4.69, 9.17) is 16.3 Å². The minimum absolute atomic E-state index is 0.149. The van der Waals surface area contributed by atoms with Crippen LogP contribution in [0.5, 0.6) is 0 Å². The average molecular weight is 288 g/mol. The molecule has 1 aliphatic heterocycles. The molecule has 2 rings (SSSR count). The summed E-state index contributed by atoms with van der Waals surface area (Å²) < 4.78 is 5.46. The molecule has 1 amide bonds. The molecule has 4 heteroatoms. The number of ether oxygens (including phenoxy) is 1. The average Bonchev–Trinajstić information content (AvgIpc) is 2.73.